The zero-order valence-electron chi connectivity index (χ0n) is 17.7. The van der Waals surface area contributed by atoms with Crippen molar-refractivity contribution in [2.45, 2.75) is 76.1 Å². The summed E-state index contributed by atoms with van der Waals surface area (Å²) < 4.78 is 0. The third kappa shape index (κ3) is 8.11. The molecule has 0 bridgehead atoms. The third-order valence-corrected chi connectivity index (χ3v) is 7.62. The lowest BCUT2D eigenvalue weighted by atomic mass is 10.0. The summed E-state index contributed by atoms with van der Waals surface area (Å²) in [5.74, 6) is 0.658. The average molecular weight is 481 g/mol. The fraction of sp³-hybridized carbons (Fsp3) is 0.565. The van der Waals surface area contributed by atoms with Gasteiger partial charge in [0.25, 0.3) is 0 Å². The maximum absolute atomic E-state index is 13.2. The quantitative estimate of drug-likeness (QED) is 0.690. The van der Waals surface area contributed by atoms with Gasteiger partial charge in [-0.3, -0.25) is 14.4 Å². The molecule has 0 spiro atoms. The zero-order chi connectivity index (χ0) is 22.8. The van der Waals surface area contributed by atoms with Crippen LogP contribution < -0.4 is 5.32 Å². The van der Waals surface area contributed by atoms with E-state index >= 15 is 0 Å². The number of hydrogen-bond acceptors (Lipinski definition) is 7. The minimum Gasteiger partial charge on any atom is -0.343 e. The largest absolute Gasteiger partial charge is 0.373 e. The van der Waals surface area contributed by atoms with Crippen LogP contribution in [0.1, 0.15) is 52.5 Å². The van der Waals surface area contributed by atoms with E-state index in [2.05, 4.69) is 12.2 Å². The zero-order valence-corrected chi connectivity index (χ0v) is 19.4. The van der Waals surface area contributed by atoms with E-state index in [1.165, 1.54) is 6.92 Å². The van der Waals surface area contributed by atoms with Crippen molar-refractivity contribution >= 4 is 46.6 Å². The number of carbonyl (C=O) groups excluding carboxylic acids is 5. The molecule has 3 rings (SSSR count). The van der Waals surface area contributed by atoms with Crippen LogP contribution in [0.25, 0.3) is 0 Å². The van der Waals surface area contributed by atoms with Crippen molar-refractivity contribution in [2.24, 2.45) is 0 Å². The van der Waals surface area contributed by atoms with Crippen LogP contribution in [0.4, 0.5) is 0 Å². The number of thioether (sulfide) groups is 2. The number of benzene rings is 1. The molecule has 32 heavy (non-hydrogen) atoms. The van der Waals surface area contributed by atoms with Crippen LogP contribution in [0, 0.1) is 0 Å². The molecule has 0 saturated carbocycles. The Balaban J connectivity index is 0.00000121. The Labute approximate surface area is 198 Å². The van der Waals surface area contributed by atoms with Gasteiger partial charge < -0.3 is 10.2 Å². The van der Waals surface area contributed by atoms with Crippen molar-refractivity contribution in [3.05, 3.63) is 35.9 Å². The Morgan fingerprint density at radius 2 is 1.88 bits per heavy atom. The van der Waals surface area contributed by atoms with Crippen molar-refractivity contribution in [1.82, 2.24) is 10.2 Å². The smallest absolute Gasteiger partial charge is 0.343 e. The summed E-state index contributed by atoms with van der Waals surface area (Å²) in [7, 11) is 0. The summed E-state index contributed by atoms with van der Waals surface area (Å²) in [6, 6.07) is 9.39. The standard InChI is InChI=1S/C21H28N2O3S2.CO2.CH4/c1-14-7-6-10-19-23(14)21(26)17(11-12-27-19)22-20(25)18(28-15(2)24)13-16-8-4-3-5-9-16;2-1-3;/h3-5,8-9,14,17-19H,6-7,10-13H2,1-2H3,(H,22,25);;1H4/t14?,17-,18-,19-;;/m0../s1. The van der Waals surface area contributed by atoms with Crippen LogP contribution in [-0.2, 0) is 30.4 Å². The molecule has 4 atom stereocenters. The van der Waals surface area contributed by atoms with Gasteiger partial charge in [0.15, 0.2) is 5.12 Å². The molecule has 1 N–H and O–H groups in total. The van der Waals surface area contributed by atoms with E-state index in [-0.39, 0.29) is 41.9 Å². The van der Waals surface area contributed by atoms with Crippen LogP contribution in [0.5, 0.6) is 0 Å². The van der Waals surface area contributed by atoms with E-state index in [0.29, 0.717) is 12.8 Å². The first kappa shape index (κ1) is 27.9. The topological polar surface area (TPSA) is 101 Å². The van der Waals surface area contributed by atoms with Gasteiger partial charge >= 0.3 is 6.15 Å². The van der Waals surface area contributed by atoms with E-state index in [9.17, 15) is 14.4 Å². The lowest BCUT2D eigenvalue weighted by Gasteiger charge is -2.40. The Morgan fingerprint density at radius 1 is 1.22 bits per heavy atom. The van der Waals surface area contributed by atoms with E-state index in [4.69, 9.17) is 9.59 Å². The molecule has 2 aliphatic heterocycles. The molecule has 0 radical (unpaired) electrons. The molecule has 2 amide bonds. The van der Waals surface area contributed by atoms with Crippen molar-refractivity contribution in [3.63, 3.8) is 0 Å². The molecule has 176 valence electrons. The molecule has 9 heteroatoms. The van der Waals surface area contributed by atoms with Gasteiger partial charge in [-0.1, -0.05) is 49.5 Å². The second-order valence-corrected chi connectivity index (χ2v) is 10.2. The Morgan fingerprint density at radius 3 is 2.50 bits per heavy atom. The average Bonchev–Trinajstić information content (AvgIpc) is 2.88. The minimum atomic E-state index is -0.529. The maximum Gasteiger partial charge on any atom is 0.373 e. The van der Waals surface area contributed by atoms with Gasteiger partial charge in [0.05, 0.1) is 10.6 Å². The van der Waals surface area contributed by atoms with Gasteiger partial charge in [-0.05, 0) is 50.3 Å². The normalized spacial score (nSPS) is 23.1. The highest BCUT2D eigenvalue weighted by Crippen LogP contribution is 2.34. The van der Waals surface area contributed by atoms with Crippen molar-refractivity contribution < 1.29 is 24.0 Å². The third-order valence-electron chi connectivity index (χ3n) is 5.31. The van der Waals surface area contributed by atoms with Gasteiger partial charge in [0.2, 0.25) is 11.8 Å². The fourth-order valence-electron chi connectivity index (χ4n) is 3.91. The van der Waals surface area contributed by atoms with Crippen LogP contribution in [0.3, 0.4) is 0 Å². The number of piperidine rings is 1. The SMILES string of the molecule is C.CC(=O)S[C@@H](Cc1ccccc1)C(=O)N[C@H]1CCS[C@H]2CCCC(C)N2C1=O.O=C=O. The Kier molecular flexibility index (Phi) is 12.3. The maximum atomic E-state index is 13.2. The summed E-state index contributed by atoms with van der Waals surface area (Å²) >= 11 is 2.86. The number of fused-ring (bicyclic) bond motifs is 1. The molecule has 7 nitrogen and oxygen atoms in total. The predicted molar refractivity (Wildman–Crippen MR) is 127 cm³/mol. The van der Waals surface area contributed by atoms with E-state index < -0.39 is 11.3 Å². The highest BCUT2D eigenvalue weighted by atomic mass is 32.2. The Bertz CT molecular complexity index is 799. The second kappa shape index (κ2) is 14.1. The lowest BCUT2D eigenvalue weighted by Crippen LogP contribution is -2.55. The van der Waals surface area contributed by atoms with Crippen molar-refractivity contribution in [2.75, 3.05) is 5.75 Å². The molecular weight excluding hydrogens is 448 g/mol. The van der Waals surface area contributed by atoms with E-state index in [0.717, 1.165) is 42.3 Å². The number of nitrogens with zero attached hydrogens (tertiary/aromatic N) is 1. The number of nitrogens with one attached hydrogen (secondary N) is 1. The van der Waals surface area contributed by atoms with Gasteiger partial charge in [0.1, 0.15) is 6.04 Å². The molecule has 1 unspecified atom stereocenters. The van der Waals surface area contributed by atoms with Gasteiger partial charge in [-0.2, -0.15) is 9.59 Å². The van der Waals surface area contributed by atoms with E-state index in [1.807, 2.05) is 47.0 Å². The van der Waals surface area contributed by atoms with Crippen LogP contribution in [-0.4, -0.2) is 56.4 Å². The summed E-state index contributed by atoms with van der Waals surface area (Å²) in [6.45, 7) is 3.57. The molecule has 1 aromatic carbocycles. The molecule has 2 saturated heterocycles. The molecule has 2 aliphatic rings. The highest BCUT2D eigenvalue weighted by Gasteiger charge is 2.39. The first-order valence-electron chi connectivity index (χ1n) is 10.3. The van der Waals surface area contributed by atoms with Crippen LogP contribution >= 0.6 is 23.5 Å². The second-order valence-electron chi connectivity index (χ2n) is 7.57. The molecule has 0 aromatic heterocycles. The van der Waals surface area contributed by atoms with Crippen molar-refractivity contribution in [3.8, 4) is 0 Å². The molecule has 1 aromatic rings. The number of hydrogen-bond donors (Lipinski definition) is 1. The van der Waals surface area contributed by atoms with Gasteiger partial charge in [0, 0.05) is 13.0 Å². The summed E-state index contributed by atoms with van der Waals surface area (Å²) in [6.07, 6.45) is 4.54. The first-order valence-corrected chi connectivity index (χ1v) is 12.2. The number of carbonyl (C=O) groups is 3. The first-order chi connectivity index (χ1) is 14.9. The van der Waals surface area contributed by atoms with E-state index in [1.54, 1.807) is 0 Å². The summed E-state index contributed by atoms with van der Waals surface area (Å²) in [4.78, 5) is 56.1. The molecule has 0 aliphatic carbocycles. The molecular formula is C23H32N2O5S2. The minimum absolute atomic E-state index is 0. The fourth-order valence-corrected chi connectivity index (χ4v) is 6.21. The van der Waals surface area contributed by atoms with Gasteiger partial charge in [-0.25, -0.2) is 0 Å². The van der Waals surface area contributed by atoms with Gasteiger partial charge in [-0.15, -0.1) is 11.8 Å². The van der Waals surface area contributed by atoms with Crippen LogP contribution in [0.2, 0.25) is 0 Å². The molecule has 2 heterocycles. The van der Waals surface area contributed by atoms with Crippen LogP contribution in [0.15, 0.2) is 30.3 Å². The monoisotopic (exact) mass is 480 g/mol. The number of amides is 2. The molecule has 2 fully saturated rings. The highest BCUT2D eigenvalue weighted by molar-refractivity contribution is 8.14. The summed E-state index contributed by atoms with van der Waals surface area (Å²) in [5, 5.41) is 2.57. The predicted octanol–water partition coefficient (Wildman–Crippen LogP) is 3.28. The van der Waals surface area contributed by atoms with Crippen molar-refractivity contribution in [1.29, 1.82) is 0 Å². The lowest BCUT2D eigenvalue weighted by molar-refractivity contribution is -0.191. The Hall–Kier alpha value is -2.09. The summed E-state index contributed by atoms with van der Waals surface area (Å²) in [5.41, 5.74) is 1.00. The number of rotatable bonds is 5.